The van der Waals surface area contributed by atoms with Crippen LogP contribution in [0.25, 0.3) is 0 Å². The van der Waals surface area contributed by atoms with Crippen LogP contribution in [-0.4, -0.2) is 38.3 Å². The minimum Gasteiger partial charge on any atom is -0.493 e. The van der Waals surface area contributed by atoms with Gasteiger partial charge in [-0.3, -0.25) is 9.59 Å². The minimum atomic E-state index is -0.404. The van der Waals surface area contributed by atoms with Crippen LogP contribution in [0, 0.1) is 0 Å². The van der Waals surface area contributed by atoms with Gasteiger partial charge in [0.15, 0.2) is 11.5 Å². The molecule has 0 fully saturated rings. The maximum Gasteiger partial charge on any atom is 0.259 e. The van der Waals surface area contributed by atoms with Crippen LogP contribution in [0.2, 0.25) is 0 Å². The Balaban J connectivity index is 1.95. The maximum absolute atomic E-state index is 12.3. The Bertz CT molecular complexity index is 835. The molecule has 0 atom stereocenters. The van der Waals surface area contributed by atoms with Crippen LogP contribution in [0.5, 0.6) is 11.5 Å². The summed E-state index contributed by atoms with van der Waals surface area (Å²) in [5.41, 5.74) is 4.62. The number of hydrogen-bond donors (Lipinski definition) is 2. The van der Waals surface area contributed by atoms with E-state index in [0.29, 0.717) is 17.1 Å². The van der Waals surface area contributed by atoms with Gasteiger partial charge >= 0.3 is 0 Å². The van der Waals surface area contributed by atoms with Crippen molar-refractivity contribution in [1.82, 2.24) is 10.7 Å². The van der Waals surface area contributed by atoms with Crippen LogP contribution in [0.1, 0.15) is 35.7 Å². The number of nitrogens with zero attached hydrogens (tertiary/aromatic N) is 1. The summed E-state index contributed by atoms with van der Waals surface area (Å²) in [6, 6.07) is 14.4. The van der Waals surface area contributed by atoms with Crippen LogP contribution in [0.3, 0.4) is 0 Å². The third kappa shape index (κ3) is 5.84. The average Bonchev–Trinajstić information content (AvgIpc) is 2.74. The molecule has 0 radical (unpaired) electrons. The van der Waals surface area contributed by atoms with Crippen molar-refractivity contribution >= 4 is 17.5 Å². The number of hydrogen-bond acceptors (Lipinski definition) is 5. The Labute approximate surface area is 164 Å². The predicted molar refractivity (Wildman–Crippen MR) is 108 cm³/mol. The SMILES string of the molecule is CCC/C(=N\NC(=O)CNC(=O)c1ccc(OC)c(OC)c1)c1ccccc1. The fourth-order valence-corrected chi connectivity index (χ4v) is 2.54. The van der Waals surface area contributed by atoms with Crippen LogP contribution in [0.4, 0.5) is 0 Å². The number of hydrazone groups is 1. The highest BCUT2D eigenvalue weighted by Gasteiger charge is 2.12. The summed E-state index contributed by atoms with van der Waals surface area (Å²) in [6.07, 6.45) is 1.64. The lowest BCUT2D eigenvalue weighted by atomic mass is 10.1. The van der Waals surface area contributed by atoms with Crippen molar-refractivity contribution in [2.75, 3.05) is 20.8 Å². The van der Waals surface area contributed by atoms with Crippen molar-refractivity contribution < 1.29 is 19.1 Å². The lowest BCUT2D eigenvalue weighted by Crippen LogP contribution is -2.35. The van der Waals surface area contributed by atoms with E-state index in [2.05, 4.69) is 15.8 Å². The van der Waals surface area contributed by atoms with Crippen LogP contribution in [0.15, 0.2) is 53.6 Å². The Morgan fingerprint density at radius 2 is 1.68 bits per heavy atom. The van der Waals surface area contributed by atoms with Crippen molar-refractivity contribution in [3.8, 4) is 11.5 Å². The maximum atomic E-state index is 12.3. The molecule has 28 heavy (non-hydrogen) atoms. The van der Waals surface area contributed by atoms with Gasteiger partial charge in [0.2, 0.25) is 0 Å². The van der Waals surface area contributed by atoms with E-state index in [0.717, 1.165) is 24.1 Å². The highest BCUT2D eigenvalue weighted by Crippen LogP contribution is 2.27. The summed E-state index contributed by atoms with van der Waals surface area (Å²) in [7, 11) is 3.01. The van der Waals surface area contributed by atoms with E-state index < -0.39 is 11.8 Å². The fourth-order valence-electron chi connectivity index (χ4n) is 2.54. The lowest BCUT2D eigenvalue weighted by Gasteiger charge is -2.10. The van der Waals surface area contributed by atoms with E-state index >= 15 is 0 Å². The molecule has 0 saturated heterocycles. The molecule has 0 aliphatic rings. The van der Waals surface area contributed by atoms with Crippen LogP contribution >= 0.6 is 0 Å². The quantitative estimate of drug-likeness (QED) is 0.515. The first-order valence-corrected chi connectivity index (χ1v) is 9.00. The van der Waals surface area contributed by atoms with Crippen LogP contribution < -0.4 is 20.2 Å². The average molecular weight is 383 g/mol. The molecule has 0 bridgehead atoms. The number of carbonyl (C=O) groups excluding carboxylic acids is 2. The Morgan fingerprint density at radius 3 is 2.32 bits per heavy atom. The first-order chi connectivity index (χ1) is 13.6. The Kier molecular flexibility index (Phi) is 8.02. The molecule has 0 saturated carbocycles. The molecular weight excluding hydrogens is 358 g/mol. The van der Waals surface area contributed by atoms with Gasteiger partial charge < -0.3 is 14.8 Å². The zero-order valence-corrected chi connectivity index (χ0v) is 16.3. The second kappa shape index (κ2) is 10.7. The standard InChI is InChI=1S/C21H25N3O4/c1-4-8-17(15-9-6-5-7-10-15)23-24-20(25)14-22-21(26)16-11-12-18(27-2)19(13-16)28-3/h5-7,9-13H,4,8,14H2,1-3H3,(H,22,26)(H,24,25)/b23-17+. The smallest absolute Gasteiger partial charge is 0.259 e. The molecule has 7 nitrogen and oxygen atoms in total. The molecular formula is C21H25N3O4. The predicted octanol–water partition coefficient (Wildman–Crippen LogP) is 2.75. The van der Waals surface area contributed by atoms with Crippen molar-refractivity contribution in [2.24, 2.45) is 5.10 Å². The molecule has 7 heteroatoms. The molecule has 2 aromatic carbocycles. The fraction of sp³-hybridized carbons (Fsp3) is 0.286. The summed E-state index contributed by atoms with van der Waals surface area (Å²) < 4.78 is 10.3. The van der Waals surface area contributed by atoms with Crippen molar-refractivity contribution in [1.29, 1.82) is 0 Å². The molecule has 2 amide bonds. The highest BCUT2D eigenvalue weighted by molar-refractivity contribution is 6.01. The Hall–Kier alpha value is -3.35. The summed E-state index contributed by atoms with van der Waals surface area (Å²) >= 11 is 0. The summed E-state index contributed by atoms with van der Waals surface area (Å²) in [4.78, 5) is 24.3. The van der Waals surface area contributed by atoms with Gasteiger partial charge in [0, 0.05) is 5.56 Å². The molecule has 2 aromatic rings. The largest absolute Gasteiger partial charge is 0.493 e. The molecule has 2 rings (SSSR count). The summed E-state index contributed by atoms with van der Waals surface area (Å²) in [5.74, 6) is 0.169. The summed E-state index contributed by atoms with van der Waals surface area (Å²) in [5, 5.41) is 6.78. The van der Waals surface area contributed by atoms with Gasteiger partial charge in [0.25, 0.3) is 11.8 Å². The number of ether oxygens (including phenoxy) is 2. The second-order valence-corrected chi connectivity index (χ2v) is 5.96. The van der Waals surface area contributed by atoms with E-state index in [1.165, 1.54) is 14.2 Å². The van der Waals surface area contributed by atoms with E-state index in [1.54, 1.807) is 18.2 Å². The number of nitrogens with one attached hydrogen (secondary N) is 2. The first kappa shape index (κ1) is 21.0. The third-order valence-electron chi connectivity index (χ3n) is 3.96. The van der Waals surface area contributed by atoms with Gasteiger partial charge in [-0.25, -0.2) is 5.43 Å². The van der Waals surface area contributed by atoms with Gasteiger partial charge in [-0.15, -0.1) is 0 Å². The molecule has 148 valence electrons. The van der Waals surface area contributed by atoms with Gasteiger partial charge in [-0.05, 0) is 30.2 Å². The summed E-state index contributed by atoms with van der Waals surface area (Å²) in [6.45, 7) is 1.86. The van der Waals surface area contributed by atoms with E-state index in [1.807, 2.05) is 37.3 Å². The lowest BCUT2D eigenvalue weighted by molar-refractivity contribution is -0.120. The normalized spacial score (nSPS) is 10.9. The molecule has 0 aliphatic carbocycles. The van der Waals surface area contributed by atoms with E-state index in [4.69, 9.17) is 9.47 Å². The van der Waals surface area contributed by atoms with Gasteiger partial charge in [-0.2, -0.15) is 5.10 Å². The molecule has 0 spiro atoms. The van der Waals surface area contributed by atoms with Crippen molar-refractivity contribution in [3.05, 3.63) is 59.7 Å². The van der Waals surface area contributed by atoms with Crippen molar-refractivity contribution in [2.45, 2.75) is 19.8 Å². The highest BCUT2D eigenvalue weighted by atomic mass is 16.5. The zero-order chi connectivity index (χ0) is 20.4. The van der Waals surface area contributed by atoms with E-state index in [9.17, 15) is 9.59 Å². The van der Waals surface area contributed by atoms with Gasteiger partial charge in [0.05, 0.1) is 26.5 Å². The van der Waals surface area contributed by atoms with E-state index in [-0.39, 0.29) is 6.54 Å². The zero-order valence-electron chi connectivity index (χ0n) is 16.3. The topological polar surface area (TPSA) is 89.0 Å². The van der Waals surface area contributed by atoms with Gasteiger partial charge in [-0.1, -0.05) is 43.7 Å². The molecule has 2 N–H and O–H groups in total. The molecule has 0 heterocycles. The van der Waals surface area contributed by atoms with Crippen molar-refractivity contribution in [3.63, 3.8) is 0 Å². The number of benzene rings is 2. The number of rotatable bonds is 9. The number of amides is 2. The van der Waals surface area contributed by atoms with Crippen LogP contribution in [-0.2, 0) is 4.79 Å². The second-order valence-electron chi connectivity index (χ2n) is 5.96. The molecule has 0 aliphatic heterocycles. The number of methoxy groups -OCH3 is 2. The third-order valence-corrected chi connectivity index (χ3v) is 3.96. The number of carbonyl (C=O) groups is 2. The molecule has 0 unspecified atom stereocenters. The Morgan fingerprint density at radius 1 is 0.964 bits per heavy atom. The minimum absolute atomic E-state index is 0.190. The molecule has 0 aromatic heterocycles. The van der Waals surface area contributed by atoms with Gasteiger partial charge in [0.1, 0.15) is 0 Å². The first-order valence-electron chi connectivity index (χ1n) is 9.00. The monoisotopic (exact) mass is 383 g/mol.